The van der Waals surface area contributed by atoms with Crippen LogP contribution in [0.2, 0.25) is 70.5 Å². The molecule has 0 amide bonds. The van der Waals surface area contributed by atoms with E-state index in [0.717, 1.165) is 32.1 Å². The van der Waals surface area contributed by atoms with Crippen LogP contribution in [0.4, 0.5) is 0 Å². The van der Waals surface area contributed by atoms with Crippen molar-refractivity contribution in [1.29, 1.82) is 0 Å². The Morgan fingerprint density at radius 1 is 0.500 bits per heavy atom. The minimum atomic E-state index is -2.28. The first-order valence-corrected chi connectivity index (χ1v) is 26.8. The Balaban J connectivity index is 6.78. The smallest absolute Gasteiger partial charge is 0.217 e. The predicted molar refractivity (Wildman–Crippen MR) is 164 cm³/mol. The van der Waals surface area contributed by atoms with Crippen molar-refractivity contribution in [3.05, 3.63) is 0 Å². The van der Waals surface area contributed by atoms with Gasteiger partial charge in [-0.3, -0.25) is 0 Å². The minimum absolute atomic E-state index is 0.0168. The highest BCUT2D eigenvalue weighted by Crippen LogP contribution is 2.58. The summed E-state index contributed by atoms with van der Waals surface area (Å²) in [6, 6.07) is 0. The van der Waals surface area contributed by atoms with E-state index in [1.165, 1.54) is 0 Å². The molecule has 0 fully saturated rings. The van der Waals surface area contributed by atoms with E-state index in [1.807, 2.05) is 0 Å². The molecular formula is C27H64O3Si4. The lowest BCUT2D eigenvalue weighted by Gasteiger charge is -2.61. The molecule has 7 heteroatoms. The molecule has 0 aliphatic carbocycles. The van der Waals surface area contributed by atoms with E-state index in [2.05, 4.69) is 121 Å². The molecule has 0 aromatic carbocycles. The van der Waals surface area contributed by atoms with Crippen molar-refractivity contribution >= 4 is 33.0 Å². The summed E-state index contributed by atoms with van der Waals surface area (Å²) in [7, 11) is -7.74. The monoisotopic (exact) mass is 548 g/mol. The van der Waals surface area contributed by atoms with Gasteiger partial charge in [0.1, 0.15) is 0 Å². The van der Waals surface area contributed by atoms with Gasteiger partial charge in [0.05, 0.1) is 18.9 Å². The Morgan fingerprint density at radius 2 is 0.912 bits per heavy atom. The third-order valence-electron chi connectivity index (χ3n) is 9.69. The van der Waals surface area contributed by atoms with Crippen LogP contribution in [-0.4, -0.2) is 49.1 Å². The van der Waals surface area contributed by atoms with Crippen LogP contribution in [0.5, 0.6) is 0 Å². The Kier molecular flexibility index (Phi) is 11.5. The molecule has 0 aliphatic rings. The largest absolute Gasteiger partial charge is 0.415 e. The fraction of sp³-hybridized carbons (Fsp3) is 1.00. The SMILES string of the molecule is CCC(CC)(O[Si](C)(C)C(CC)(CC)O[Si](C)(C)C)C(C)(CC)[Si](C)(C)OC(C)(C)[Si](C)(C)C. The number of hydrogen-bond donors (Lipinski definition) is 0. The Hall–Kier alpha value is 0.748. The van der Waals surface area contributed by atoms with Crippen molar-refractivity contribution in [2.24, 2.45) is 0 Å². The summed E-state index contributed by atoms with van der Waals surface area (Å²) < 4.78 is 22.0. The van der Waals surface area contributed by atoms with E-state index in [-0.39, 0.29) is 21.1 Å². The second-order valence-electron chi connectivity index (χ2n) is 14.3. The van der Waals surface area contributed by atoms with Crippen molar-refractivity contribution in [2.75, 3.05) is 0 Å². The second kappa shape index (κ2) is 11.2. The van der Waals surface area contributed by atoms with Crippen LogP contribution in [-0.2, 0) is 13.3 Å². The topological polar surface area (TPSA) is 27.7 Å². The van der Waals surface area contributed by atoms with Gasteiger partial charge in [0.2, 0.25) is 8.32 Å². The normalized spacial score (nSPS) is 17.1. The molecule has 0 aromatic rings. The average molecular weight is 549 g/mol. The van der Waals surface area contributed by atoms with E-state index < -0.39 is 33.0 Å². The molecule has 0 heterocycles. The van der Waals surface area contributed by atoms with E-state index in [0.29, 0.717) is 0 Å². The third kappa shape index (κ3) is 6.78. The Bertz CT molecular complexity index is 639. The van der Waals surface area contributed by atoms with Gasteiger partial charge in [-0.05, 0) is 91.8 Å². The van der Waals surface area contributed by atoms with Crippen LogP contribution in [0.25, 0.3) is 0 Å². The molecule has 0 rings (SSSR count). The van der Waals surface area contributed by atoms with Gasteiger partial charge in [0.15, 0.2) is 16.6 Å². The molecule has 0 saturated heterocycles. The van der Waals surface area contributed by atoms with Gasteiger partial charge < -0.3 is 13.3 Å². The maximum Gasteiger partial charge on any atom is 0.217 e. The maximum absolute atomic E-state index is 7.66. The van der Waals surface area contributed by atoms with Gasteiger partial charge >= 0.3 is 0 Å². The maximum atomic E-state index is 7.66. The molecule has 0 aliphatic heterocycles. The molecule has 1 atom stereocenters. The summed E-state index contributed by atoms with van der Waals surface area (Å²) >= 11 is 0. The molecule has 0 bridgehead atoms. The predicted octanol–water partition coefficient (Wildman–Crippen LogP) is 9.76. The highest BCUT2D eigenvalue weighted by atomic mass is 28.4. The molecular weight excluding hydrogens is 485 g/mol. The molecule has 0 spiro atoms. The van der Waals surface area contributed by atoms with Gasteiger partial charge in [-0.25, -0.2) is 0 Å². The molecule has 0 N–H and O–H groups in total. The lowest BCUT2D eigenvalue weighted by molar-refractivity contribution is -0.0305. The quantitative estimate of drug-likeness (QED) is 0.191. The first kappa shape index (κ1) is 34.7. The van der Waals surface area contributed by atoms with E-state index >= 15 is 0 Å². The van der Waals surface area contributed by atoms with E-state index in [9.17, 15) is 0 Å². The summed E-state index contributed by atoms with van der Waals surface area (Å²) in [6.45, 7) is 42.9. The van der Waals surface area contributed by atoms with Crippen LogP contribution in [0.1, 0.15) is 87.5 Å². The summed E-state index contributed by atoms with van der Waals surface area (Å²) in [6.07, 6.45) is 5.11. The average Bonchev–Trinajstić information content (AvgIpc) is 2.66. The zero-order valence-electron chi connectivity index (χ0n) is 26.8. The molecule has 1 unspecified atom stereocenters. The summed E-state index contributed by atoms with van der Waals surface area (Å²) in [5.74, 6) is 0. The Labute approximate surface area is 219 Å². The lowest BCUT2D eigenvalue weighted by atomic mass is 9.81. The second-order valence-corrected chi connectivity index (χ2v) is 32.9. The molecule has 0 saturated carbocycles. The van der Waals surface area contributed by atoms with Crippen LogP contribution in [0.3, 0.4) is 0 Å². The number of rotatable bonds is 15. The van der Waals surface area contributed by atoms with Gasteiger partial charge in [0, 0.05) is 10.3 Å². The van der Waals surface area contributed by atoms with Crippen molar-refractivity contribution in [1.82, 2.24) is 0 Å². The first-order chi connectivity index (χ1) is 14.9. The van der Waals surface area contributed by atoms with Crippen LogP contribution < -0.4 is 0 Å². The van der Waals surface area contributed by atoms with Crippen LogP contribution >= 0.6 is 0 Å². The van der Waals surface area contributed by atoms with Gasteiger partial charge in [-0.2, -0.15) is 0 Å². The highest BCUT2D eigenvalue weighted by Gasteiger charge is 2.62. The van der Waals surface area contributed by atoms with Crippen LogP contribution in [0, 0.1) is 0 Å². The number of hydrogen-bond acceptors (Lipinski definition) is 3. The van der Waals surface area contributed by atoms with E-state index in [4.69, 9.17) is 13.3 Å². The van der Waals surface area contributed by atoms with Gasteiger partial charge in [-0.15, -0.1) is 0 Å². The molecule has 0 aromatic heterocycles. The fourth-order valence-electron chi connectivity index (χ4n) is 6.02. The molecule has 206 valence electrons. The molecule has 0 radical (unpaired) electrons. The standard InChI is InChI=1S/C27H64O3Si4/c1-19-25(8,33(15,16)28-24(6,7)31(9,10)11)26(20-2,21-3)29-34(17,18)27(22-4,23-5)30-32(12,13)14/h19-23H2,1-18H3. The molecule has 3 nitrogen and oxygen atoms in total. The van der Waals surface area contributed by atoms with Crippen molar-refractivity contribution in [3.63, 3.8) is 0 Å². The zero-order valence-corrected chi connectivity index (χ0v) is 30.8. The minimum Gasteiger partial charge on any atom is -0.415 e. The van der Waals surface area contributed by atoms with Crippen molar-refractivity contribution < 1.29 is 13.3 Å². The lowest BCUT2D eigenvalue weighted by Crippen LogP contribution is -2.69. The zero-order chi connectivity index (χ0) is 27.7. The summed E-state index contributed by atoms with van der Waals surface area (Å²) in [4.78, 5) is 0. The summed E-state index contributed by atoms with van der Waals surface area (Å²) in [5, 5.41) is -0.250. The van der Waals surface area contributed by atoms with Gasteiger partial charge in [0.25, 0.3) is 0 Å². The summed E-state index contributed by atoms with van der Waals surface area (Å²) in [5.41, 5.74) is -0.221. The van der Waals surface area contributed by atoms with Crippen molar-refractivity contribution in [2.45, 2.75) is 174 Å². The van der Waals surface area contributed by atoms with E-state index in [1.54, 1.807) is 0 Å². The van der Waals surface area contributed by atoms with Crippen LogP contribution in [0.15, 0.2) is 0 Å². The van der Waals surface area contributed by atoms with Crippen molar-refractivity contribution in [3.8, 4) is 0 Å². The highest BCUT2D eigenvalue weighted by molar-refractivity contribution is 6.81. The molecule has 34 heavy (non-hydrogen) atoms. The Morgan fingerprint density at radius 3 is 1.18 bits per heavy atom. The fourth-order valence-corrected chi connectivity index (χ4v) is 18.7. The third-order valence-corrected chi connectivity index (χ3v) is 23.2. The first-order valence-electron chi connectivity index (χ1n) is 14.0. The van der Waals surface area contributed by atoms with Gasteiger partial charge in [-0.1, -0.05) is 61.2 Å².